The van der Waals surface area contributed by atoms with Crippen LogP contribution in [0.3, 0.4) is 0 Å². The van der Waals surface area contributed by atoms with Crippen LogP contribution >= 0.6 is 23.4 Å². The normalized spacial score (nSPS) is 10.8. The van der Waals surface area contributed by atoms with E-state index in [2.05, 4.69) is 10.3 Å². The number of thioether (sulfide) groups is 1. The second kappa shape index (κ2) is 10.2. The minimum atomic E-state index is -0.284. The molecule has 1 aromatic heterocycles. The molecular weight excluding hydrogens is 474 g/mol. The molecule has 0 saturated carbocycles. The number of aromatic nitrogens is 2. The van der Waals surface area contributed by atoms with Crippen LogP contribution in [0, 0.1) is 6.92 Å². The van der Waals surface area contributed by atoms with Crippen LogP contribution in [0.4, 0.5) is 5.69 Å². The lowest BCUT2D eigenvalue weighted by atomic mass is 10.2. The lowest BCUT2D eigenvalue weighted by molar-refractivity contribution is -0.113. The van der Waals surface area contributed by atoms with E-state index in [9.17, 15) is 9.59 Å². The van der Waals surface area contributed by atoms with Crippen molar-refractivity contribution in [3.63, 3.8) is 0 Å². The van der Waals surface area contributed by atoms with Crippen molar-refractivity contribution in [2.75, 3.05) is 25.3 Å². The van der Waals surface area contributed by atoms with E-state index < -0.39 is 0 Å². The third-order valence-electron chi connectivity index (χ3n) is 5.24. The molecule has 4 rings (SSSR count). The number of anilines is 1. The first kappa shape index (κ1) is 23.7. The Kier molecular flexibility index (Phi) is 7.09. The summed E-state index contributed by atoms with van der Waals surface area (Å²) in [4.78, 5) is 30.9. The SMILES string of the molecule is COc1ccc(OC)c(NC(=O)CSc2nc3ccccc3c(=O)n2-c2cccc(Cl)c2C)c1. The second-order valence-electron chi connectivity index (χ2n) is 7.34. The Labute approximate surface area is 205 Å². The van der Waals surface area contributed by atoms with Gasteiger partial charge in [-0.05, 0) is 48.9 Å². The molecule has 4 aromatic rings. The zero-order valence-corrected chi connectivity index (χ0v) is 20.4. The Hall–Kier alpha value is -3.49. The molecule has 0 saturated heterocycles. The van der Waals surface area contributed by atoms with Crippen LogP contribution < -0.4 is 20.3 Å². The molecule has 9 heteroatoms. The molecule has 0 aliphatic carbocycles. The number of halogens is 1. The number of fused-ring (bicyclic) bond motifs is 1. The Morgan fingerprint density at radius 2 is 1.88 bits per heavy atom. The third kappa shape index (κ3) is 4.73. The van der Waals surface area contributed by atoms with E-state index in [1.54, 1.807) is 55.6 Å². The molecule has 0 aliphatic rings. The second-order valence-corrected chi connectivity index (χ2v) is 8.69. The van der Waals surface area contributed by atoms with Gasteiger partial charge in [0.15, 0.2) is 5.16 Å². The summed E-state index contributed by atoms with van der Waals surface area (Å²) in [6.45, 7) is 1.84. The summed E-state index contributed by atoms with van der Waals surface area (Å²) in [5.74, 6) is 0.832. The first-order valence-electron chi connectivity index (χ1n) is 10.3. The molecule has 0 atom stereocenters. The zero-order chi connectivity index (χ0) is 24.2. The predicted octanol–water partition coefficient (Wildman–Crippen LogP) is 5.10. The molecule has 3 aromatic carbocycles. The molecule has 174 valence electrons. The number of carbonyl (C=O) groups excluding carboxylic acids is 1. The minimum absolute atomic E-state index is 0.0186. The van der Waals surface area contributed by atoms with Crippen LogP contribution in [-0.4, -0.2) is 35.4 Å². The van der Waals surface area contributed by atoms with Gasteiger partial charge in [0.05, 0.1) is 42.3 Å². The van der Waals surface area contributed by atoms with Crippen molar-refractivity contribution in [2.45, 2.75) is 12.1 Å². The third-order valence-corrected chi connectivity index (χ3v) is 6.59. The van der Waals surface area contributed by atoms with E-state index in [1.807, 2.05) is 19.1 Å². The molecule has 1 N–H and O–H groups in total. The number of para-hydroxylation sites is 1. The molecule has 0 bridgehead atoms. The number of rotatable bonds is 7. The van der Waals surface area contributed by atoms with Gasteiger partial charge in [-0.15, -0.1) is 0 Å². The van der Waals surface area contributed by atoms with E-state index in [0.717, 1.165) is 17.3 Å². The van der Waals surface area contributed by atoms with E-state index in [0.29, 0.717) is 44.0 Å². The first-order valence-corrected chi connectivity index (χ1v) is 11.7. The Bertz CT molecular complexity index is 1440. The smallest absolute Gasteiger partial charge is 0.266 e. The van der Waals surface area contributed by atoms with E-state index in [4.69, 9.17) is 21.1 Å². The molecule has 0 spiro atoms. The highest BCUT2D eigenvalue weighted by Gasteiger charge is 2.17. The molecule has 34 heavy (non-hydrogen) atoms. The number of nitrogens with zero attached hydrogens (tertiary/aromatic N) is 2. The summed E-state index contributed by atoms with van der Waals surface area (Å²) >= 11 is 7.49. The van der Waals surface area contributed by atoms with Crippen molar-refractivity contribution in [2.24, 2.45) is 0 Å². The van der Waals surface area contributed by atoms with Crippen molar-refractivity contribution in [1.82, 2.24) is 9.55 Å². The average molecular weight is 496 g/mol. The predicted molar refractivity (Wildman–Crippen MR) is 136 cm³/mol. The minimum Gasteiger partial charge on any atom is -0.497 e. The summed E-state index contributed by atoms with van der Waals surface area (Å²) in [6.07, 6.45) is 0. The van der Waals surface area contributed by atoms with E-state index >= 15 is 0 Å². The van der Waals surface area contributed by atoms with Crippen molar-refractivity contribution in [3.05, 3.63) is 81.6 Å². The first-order chi connectivity index (χ1) is 16.4. The number of nitrogens with one attached hydrogen (secondary N) is 1. The van der Waals surface area contributed by atoms with Crippen molar-refractivity contribution >= 4 is 45.9 Å². The van der Waals surface area contributed by atoms with Gasteiger partial charge in [0, 0.05) is 11.1 Å². The number of amides is 1. The van der Waals surface area contributed by atoms with Crippen molar-refractivity contribution in [1.29, 1.82) is 0 Å². The fourth-order valence-electron chi connectivity index (χ4n) is 3.49. The Morgan fingerprint density at radius 3 is 2.65 bits per heavy atom. The van der Waals surface area contributed by atoms with Crippen LogP contribution in [0.15, 0.2) is 70.6 Å². The van der Waals surface area contributed by atoms with Crippen LogP contribution in [0.25, 0.3) is 16.6 Å². The van der Waals surface area contributed by atoms with Crippen LogP contribution in [0.1, 0.15) is 5.56 Å². The van der Waals surface area contributed by atoms with Crippen LogP contribution in [-0.2, 0) is 4.79 Å². The van der Waals surface area contributed by atoms with Gasteiger partial charge in [-0.3, -0.25) is 14.2 Å². The average Bonchev–Trinajstić information content (AvgIpc) is 2.85. The standard InChI is InChI=1S/C25H22ClN3O4S/c1-15-18(26)8-6-10-21(15)29-24(31)17-7-4-5-9-19(17)28-25(29)34-14-23(30)27-20-13-16(32-2)11-12-22(20)33-3/h4-13H,14H2,1-3H3,(H,27,30). The highest BCUT2D eigenvalue weighted by Crippen LogP contribution is 2.30. The quantitative estimate of drug-likeness (QED) is 0.284. The number of carbonyl (C=O) groups is 1. The van der Waals surface area contributed by atoms with E-state index in [1.165, 1.54) is 11.7 Å². The number of ether oxygens (including phenoxy) is 2. The summed E-state index contributed by atoms with van der Waals surface area (Å²) in [7, 11) is 3.07. The molecule has 0 fully saturated rings. The Balaban J connectivity index is 1.69. The van der Waals surface area contributed by atoms with E-state index in [-0.39, 0.29) is 17.2 Å². The number of benzene rings is 3. The maximum atomic E-state index is 13.4. The molecule has 1 amide bonds. The lowest BCUT2D eigenvalue weighted by Gasteiger charge is -2.16. The summed E-state index contributed by atoms with van der Waals surface area (Å²) in [5.41, 5.74) is 2.18. The number of hydrogen-bond acceptors (Lipinski definition) is 6. The Morgan fingerprint density at radius 1 is 1.09 bits per heavy atom. The van der Waals surface area contributed by atoms with Gasteiger partial charge in [0.1, 0.15) is 11.5 Å². The zero-order valence-electron chi connectivity index (χ0n) is 18.8. The molecule has 0 radical (unpaired) electrons. The number of methoxy groups -OCH3 is 2. The molecular formula is C25H22ClN3O4S. The maximum Gasteiger partial charge on any atom is 0.266 e. The maximum absolute atomic E-state index is 13.4. The van der Waals surface area contributed by atoms with Gasteiger partial charge in [-0.25, -0.2) is 4.98 Å². The van der Waals surface area contributed by atoms with Crippen LogP contribution in [0.2, 0.25) is 5.02 Å². The summed E-state index contributed by atoms with van der Waals surface area (Å²) in [5, 5.41) is 4.25. The summed E-state index contributed by atoms with van der Waals surface area (Å²) < 4.78 is 12.1. The fourth-order valence-corrected chi connectivity index (χ4v) is 4.46. The molecule has 0 aliphatic heterocycles. The molecule has 1 heterocycles. The summed E-state index contributed by atoms with van der Waals surface area (Å²) in [6, 6.07) is 17.6. The monoisotopic (exact) mass is 495 g/mol. The highest BCUT2D eigenvalue weighted by molar-refractivity contribution is 7.99. The molecule has 7 nitrogen and oxygen atoms in total. The largest absolute Gasteiger partial charge is 0.497 e. The van der Waals surface area contributed by atoms with Gasteiger partial charge in [-0.2, -0.15) is 0 Å². The number of hydrogen-bond donors (Lipinski definition) is 1. The van der Waals surface area contributed by atoms with Gasteiger partial charge < -0.3 is 14.8 Å². The highest BCUT2D eigenvalue weighted by atomic mass is 35.5. The van der Waals surface area contributed by atoms with Gasteiger partial charge in [0.2, 0.25) is 5.91 Å². The van der Waals surface area contributed by atoms with Gasteiger partial charge >= 0.3 is 0 Å². The van der Waals surface area contributed by atoms with Crippen molar-refractivity contribution in [3.8, 4) is 17.2 Å². The molecule has 0 unspecified atom stereocenters. The van der Waals surface area contributed by atoms with Crippen LogP contribution in [0.5, 0.6) is 11.5 Å². The fraction of sp³-hybridized carbons (Fsp3) is 0.160. The van der Waals surface area contributed by atoms with Gasteiger partial charge in [0.25, 0.3) is 5.56 Å². The van der Waals surface area contributed by atoms with Gasteiger partial charge in [-0.1, -0.05) is 41.6 Å². The van der Waals surface area contributed by atoms with Crippen molar-refractivity contribution < 1.29 is 14.3 Å². The lowest BCUT2D eigenvalue weighted by Crippen LogP contribution is -2.23. The topological polar surface area (TPSA) is 82.5 Å².